The highest BCUT2D eigenvalue weighted by molar-refractivity contribution is 5.36. The smallest absolute Gasteiger partial charge is 0.385 e. The standard InChI is InChI=1S/C48H16F64N6O6/c49-11(50)25(65,66)33(81,82)41(97,98)45(105,106)37(89,90)29(73,74)21(57,58)5-119-15-113-16(120-6-22(59,60)30(75,76)38(91,92)46(107,108)42(99,100)34(83,84)26(67,68)12(51)52)116-19(115-15)123-9-2-1-3-10(4-9)124-20-117-17(121-7-23(61,62)31(77,78)39(93,94)47(109,110)43(101,102)35(85,86)27(69,70)13(53)54)114-18(118-20)122-8-24(63,64)32(79,80)40(95,96)48(111,112)44(103,104)36(87,88)28(71,72)14(55)56/h1-4,11-14H,5-8H2. The maximum Gasteiger partial charge on any atom is 0.385 e. The summed E-state index contributed by atoms with van der Waals surface area (Å²) in [7, 11) is 0. The fourth-order valence-electron chi connectivity index (χ4n) is 7.46. The molecule has 124 heavy (non-hydrogen) atoms. The summed E-state index contributed by atoms with van der Waals surface area (Å²) in [5, 5.41) is 0. The van der Waals surface area contributed by atoms with Crippen LogP contribution in [0.25, 0.3) is 0 Å². The highest BCUT2D eigenvalue weighted by atomic mass is 19.4. The van der Waals surface area contributed by atoms with E-state index in [-0.39, 0.29) is 18.2 Å². The van der Waals surface area contributed by atoms with E-state index in [2.05, 4.69) is 48.4 Å². The van der Waals surface area contributed by atoms with Gasteiger partial charge in [-0.3, -0.25) is 0 Å². The van der Waals surface area contributed by atoms with Gasteiger partial charge < -0.3 is 28.4 Å². The zero-order chi connectivity index (χ0) is 99.1. The van der Waals surface area contributed by atoms with Gasteiger partial charge in [-0.2, -0.15) is 246 Å². The summed E-state index contributed by atoms with van der Waals surface area (Å²) in [6.07, 6.45) is -25.9. The van der Waals surface area contributed by atoms with Gasteiger partial charge in [0.2, 0.25) is 0 Å². The van der Waals surface area contributed by atoms with Crippen molar-refractivity contribution >= 4 is 0 Å². The third-order valence-electron chi connectivity index (χ3n) is 14.8. The van der Waals surface area contributed by atoms with Gasteiger partial charge in [-0.1, -0.05) is 6.07 Å². The van der Waals surface area contributed by atoms with E-state index in [9.17, 15) is 281 Å². The van der Waals surface area contributed by atoms with E-state index in [1.54, 1.807) is 0 Å². The number of benzene rings is 1. The average molecular weight is 1990 g/mol. The molecule has 2 aromatic heterocycles. The van der Waals surface area contributed by atoms with Gasteiger partial charge in [-0.05, 0) is 12.1 Å². The number of hydrogen-bond donors (Lipinski definition) is 0. The van der Waals surface area contributed by atoms with E-state index in [0.717, 1.165) is 0 Å². The largest absolute Gasteiger partial charge is 0.457 e. The second kappa shape index (κ2) is 31.8. The lowest BCUT2D eigenvalue weighted by Gasteiger charge is -2.42. The van der Waals surface area contributed by atoms with Crippen LogP contribution in [0.4, 0.5) is 281 Å². The Hall–Kier alpha value is -8.44. The number of hydrogen-bond acceptors (Lipinski definition) is 12. The summed E-state index contributed by atoms with van der Waals surface area (Å²) in [6.45, 7) is -17.9. The summed E-state index contributed by atoms with van der Waals surface area (Å²) in [6, 6.07) is -19.3. The SMILES string of the molecule is FC(F)C(F)(F)C(F)(F)C(F)(F)C(F)(F)C(F)(F)C(F)(F)C(F)(F)COc1nc(OCC(F)(F)C(F)(F)C(F)(F)C(F)(F)C(F)(F)C(F)(F)C(F)(F)C(F)F)nc(Oc2cccc(Oc3nc(OCC(F)(F)C(F)(F)C(F)(F)C(F)(F)C(F)(F)C(F)(F)C(F)(F)C(F)F)nc(OCC(F)(F)C(F)(F)C(F)(F)C(F)(F)C(F)(F)C(F)(F)C(F)(F)C(F)F)n3)c2)n1. The highest BCUT2D eigenvalue weighted by Crippen LogP contribution is 2.69. The third kappa shape index (κ3) is 16.2. The minimum Gasteiger partial charge on any atom is -0.457 e. The zero-order valence-electron chi connectivity index (χ0n) is 54.8. The van der Waals surface area contributed by atoms with E-state index in [1.807, 2.05) is 9.97 Å². The van der Waals surface area contributed by atoms with Crippen LogP contribution in [0, 0.1) is 0 Å². The molecule has 0 fully saturated rings. The fourth-order valence-corrected chi connectivity index (χ4v) is 7.46. The molecule has 0 saturated carbocycles. The molecular formula is C48H16F64N6O6. The Kier molecular flexibility index (Phi) is 28.1. The zero-order valence-corrected chi connectivity index (χ0v) is 54.8. The van der Waals surface area contributed by atoms with Crippen molar-refractivity contribution in [2.24, 2.45) is 0 Å². The summed E-state index contributed by atoms with van der Waals surface area (Å²) in [4.78, 5) is 12.9. The van der Waals surface area contributed by atoms with E-state index in [4.69, 9.17) is 0 Å². The molecule has 0 aliphatic rings. The first-order chi connectivity index (χ1) is 54.0. The van der Waals surface area contributed by atoms with Crippen molar-refractivity contribution in [1.29, 1.82) is 0 Å². The predicted octanol–water partition coefficient (Wildman–Crippen LogP) is 22.0. The lowest BCUT2D eigenvalue weighted by molar-refractivity contribution is -0.447. The molecule has 3 rings (SSSR count). The topological polar surface area (TPSA) is 133 Å². The van der Waals surface area contributed by atoms with Crippen molar-refractivity contribution in [3.05, 3.63) is 24.3 Å². The molecule has 0 unspecified atom stereocenters. The maximum atomic E-state index is 14.9. The lowest BCUT2D eigenvalue weighted by Crippen LogP contribution is -2.74. The maximum absolute atomic E-state index is 14.9. The van der Waals surface area contributed by atoms with Crippen molar-refractivity contribution < 1.29 is 309 Å². The van der Waals surface area contributed by atoms with Gasteiger partial charge in [0.25, 0.3) is 0 Å². The minimum atomic E-state index is -9.35. The normalized spacial score (nSPS) is 15.8. The van der Waals surface area contributed by atoms with Gasteiger partial charge in [-0.15, -0.1) is 29.9 Å². The number of rotatable bonds is 44. The van der Waals surface area contributed by atoms with Gasteiger partial charge in [0.15, 0.2) is 26.4 Å². The third-order valence-corrected chi connectivity index (χ3v) is 14.8. The number of alkyl halides is 64. The van der Waals surface area contributed by atoms with Gasteiger partial charge in [0.1, 0.15) is 11.5 Å². The molecule has 0 atom stereocenters. The lowest BCUT2D eigenvalue weighted by atomic mass is 9.89. The monoisotopic (exact) mass is 1990 g/mol. The second-order valence-electron chi connectivity index (χ2n) is 23.2. The number of aromatic nitrogens is 6. The van der Waals surface area contributed by atoms with E-state index >= 15 is 0 Å². The Labute approximate surface area is 629 Å². The Bertz CT molecular complexity index is 3720. The van der Waals surface area contributed by atoms with Crippen LogP contribution in [-0.2, 0) is 0 Å². The number of halogens is 64. The molecule has 0 saturated heterocycles. The second-order valence-corrected chi connectivity index (χ2v) is 23.2. The first-order valence-corrected chi connectivity index (χ1v) is 28.2. The first kappa shape index (κ1) is 110. The molecule has 0 aliphatic carbocycles. The average Bonchev–Trinajstić information content (AvgIpc) is 0.711. The van der Waals surface area contributed by atoms with Crippen LogP contribution in [0.15, 0.2) is 24.3 Å². The molecule has 722 valence electrons. The predicted molar refractivity (Wildman–Crippen MR) is 251 cm³/mol. The molecule has 0 N–H and O–H groups in total. The summed E-state index contributed by atoms with van der Waals surface area (Å²) in [5.41, 5.74) is 0. The molecule has 2 heterocycles. The minimum absolute atomic E-state index is 0.102. The van der Waals surface area contributed by atoms with Crippen LogP contribution >= 0.6 is 0 Å². The molecule has 0 bridgehead atoms. The Morgan fingerprint density at radius 1 is 0.185 bits per heavy atom. The summed E-state index contributed by atoms with van der Waals surface area (Å²) < 4.78 is 919. The number of nitrogens with zero attached hydrogens (tertiary/aromatic N) is 6. The van der Waals surface area contributed by atoms with Crippen molar-refractivity contribution in [3.63, 3.8) is 0 Å². The van der Waals surface area contributed by atoms with Gasteiger partial charge in [0, 0.05) is 6.07 Å². The first-order valence-electron chi connectivity index (χ1n) is 28.2. The molecule has 1 aromatic carbocycles. The van der Waals surface area contributed by atoms with Crippen LogP contribution in [0.2, 0.25) is 0 Å². The van der Waals surface area contributed by atoms with Crippen LogP contribution in [0.5, 0.6) is 47.6 Å². The quantitative estimate of drug-likeness (QED) is 0.0499. The summed E-state index contributed by atoms with van der Waals surface area (Å²) in [5.74, 6) is -250. The molecular weight excluding hydrogens is 1970 g/mol. The molecule has 0 aliphatic heterocycles. The fraction of sp³-hybridized carbons (Fsp3) is 0.750. The van der Waals surface area contributed by atoms with Crippen molar-refractivity contribution in [2.45, 2.75) is 192 Å². The molecule has 76 heteroatoms. The Morgan fingerprint density at radius 2 is 0.315 bits per heavy atom. The van der Waals surface area contributed by atoms with Crippen molar-refractivity contribution in [3.8, 4) is 47.6 Å². The van der Waals surface area contributed by atoms with Crippen LogP contribution in [0.3, 0.4) is 0 Å². The van der Waals surface area contributed by atoms with Gasteiger partial charge in [-0.25, -0.2) is 35.1 Å². The molecule has 0 radical (unpaired) electrons. The Morgan fingerprint density at radius 3 is 0.460 bits per heavy atom. The van der Waals surface area contributed by atoms with Crippen molar-refractivity contribution in [1.82, 2.24) is 29.9 Å². The van der Waals surface area contributed by atoms with Crippen LogP contribution < -0.4 is 28.4 Å². The number of ether oxygens (including phenoxy) is 6. The van der Waals surface area contributed by atoms with E-state index < -0.39 is 272 Å². The van der Waals surface area contributed by atoms with Gasteiger partial charge >= 0.3 is 228 Å². The Balaban J connectivity index is 2.46. The molecule has 12 nitrogen and oxygen atoms in total. The molecule has 3 aromatic rings. The van der Waals surface area contributed by atoms with E-state index in [0.29, 0.717) is 0 Å². The van der Waals surface area contributed by atoms with Gasteiger partial charge in [0.05, 0.1) is 0 Å². The van der Waals surface area contributed by atoms with Crippen LogP contribution in [0.1, 0.15) is 0 Å². The van der Waals surface area contributed by atoms with Crippen molar-refractivity contribution in [2.75, 3.05) is 26.4 Å². The van der Waals surface area contributed by atoms with E-state index in [1.165, 1.54) is 0 Å². The summed E-state index contributed by atoms with van der Waals surface area (Å²) >= 11 is 0. The highest BCUT2D eigenvalue weighted by Gasteiger charge is 2.99. The van der Waals surface area contributed by atoms with Crippen LogP contribution in [-0.4, -0.2) is 248 Å². The molecule has 0 amide bonds. The molecule has 0 spiro atoms.